The summed E-state index contributed by atoms with van der Waals surface area (Å²) in [5.74, 6) is 2.15. The van der Waals surface area contributed by atoms with Gasteiger partial charge in [0.1, 0.15) is 0 Å². The summed E-state index contributed by atoms with van der Waals surface area (Å²) >= 11 is 0. The highest BCUT2D eigenvalue weighted by molar-refractivity contribution is 5.93. The van der Waals surface area contributed by atoms with Gasteiger partial charge in [-0.2, -0.15) is 0 Å². The molecule has 190 valence electrons. The second kappa shape index (κ2) is 8.33. The zero-order valence-electron chi connectivity index (χ0n) is 21.8. The summed E-state index contributed by atoms with van der Waals surface area (Å²) in [6, 6.07) is 9.54. The van der Waals surface area contributed by atoms with E-state index in [1.807, 2.05) is 6.08 Å². The van der Waals surface area contributed by atoms with E-state index in [1.165, 1.54) is 61.2 Å². The van der Waals surface area contributed by atoms with Crippen LogP contribution in [0.25, 0.3) is 0 Å². The van der Waals surface area contributed by atoms with Crippen LogP contribution in [0.2, 0.25) is 0 Å². The van der Waals surface area contributed by atoms with Crippen LogP contribution in [0.15, 0.2) is 47.1 Å². The number of hydrogen-bond donors (Lipinski definition) is 1. The number of amides is 1. The van der Waals surface area contributed by atoms with E-state index in [-0.39, 0.29) is 16.9 Å². The lowest BCUT2D eigenvalue weighted by molar-refractivity contribution is -0.120. The lowest BCUT2D eigenvalue weighted by Crippen LogP contribution is -2.56. The maximum atomic E-state index is 12.5. The number of benzene rings is 1. The summed E-state index contributed by atoms with van der Waals surface area (Å²) in [4.78, 5) is 27.4. The monoisotopic (exact) mass is 484 g/mol. The molecular weight excluding hydrogens is 444 g/mol. The molecule has 0 bridgehead atoms. The first-order valence-corrected chi connectivity index (χ1v) is 14.6. The van der Waals surface area contributed by atoms with Crippen LogP contribution >= 0.6 is 0 Å². The Labute approximate surface area is 215 Å². The summed E-state index contributed by atoms with van der Waals surface area (Å²) in [5.41, 5.74) is 7.40. The number of fused-ring (bicyclic) bond motifs is 5. The lowest BCUT2D eigenvalue weighted by Gasteiger charge is -2.55. The van der Waals surface area contributed by atoms with Crippen LogP contribution in [0, 0.1) is 17.3 Å². The summed E-state index contributed by atoms with van der Waals surface area (Å²) in [6.07, 6.45) is 14.8. The van der Waals surface area contributed by atoms with Crippen molar-refractivity contribution in [3.05, 3.63) is 52.6 Å². The quantitative estimate of drug-likeness (QED) is 0.542. The van der Waals surface area contributed by atoms with Crippen molar-refractivity contribution in [2.75, 3.05) is 18.0 Å². The average Bonchev–Trinajstić information content (AvgIpc) is 3.43. The predicted molar refractivity (Wildman–Crippen MR) is 143 cm³/mol. The number of carbonyl (C=O) groups is 2. The van der Waals surface area contributed by atoms with Crippen LogP contribution in [0.3, 0.4) is 0 Å². The molecule has 4 nitrogen and oxygen atoms in total. The maximum absolute atomic E-state index is 12.5. The first-order valence-electron chi connectivity index (χ1n) is 14.6. The van der Waals surface area contributed by atoms with Crippen molar-refractivity contribution in [1.82, 2.24) is 5.32 Å². The van der Waals surface area contributed by atoms with E-state index < -0.39 is 0 Å². The smallest absolute Gasteiger partial charge is 0.220 e. The molecule has 2 heterocycles. The van der Waals surface area contributed by atoms with Gasteiger partial charge in [-0.25, -0.2) is 0 Å². The molecule has 4 aliphatic carbocycles. The molecule has 4 heteroatoms. The molecule has 1 aromatic rings. The Morgan fingerprint density at radius 1 is 0.917 bits per heavy atom. The SMILES string of the molecule is C[C@]12CC(c3ccc(N4CCCCC4)cc3)C3=C4CCC(=O)C=C4CC[C@H]3[C@@H]1CCC21CCC(=O)N1. The highest BCUT2D eigenvalue weighted by atomic mass is 16.2. The van der Waals surface area contributed by atoms with Crippen LogP contribution in [0.4, 0.5) is 5.69 Å². The minimum Gasteiger partial charge on any atom is -0.372 e. The molecule has 2 saturated carbocycles. The second-order valence-corrected chi connectivity index (χ2v) is 12.8. The van der Waals surface area contributed by atoms with E-state index >= 15 is 0 Å². The van der Waals surface area contributed by atoms with Crippen molar-refractivity contribution in [1.29, 1.82) is 0 Å². The molecule has 1 N–H and O–H groups in total. The minimum absolute atomic E-state index is 0.0322. The zero-order valence-corrected chi connectivity index (χ0v) is 21.8. The Morgan fingerprint density at radius 3 is 2.47 bits per heavy atom. The molecule has 7 rings (SSSR count). The van der Waals surface area contributed by atoms with Crippen molar-refractivity contribution in [2.45, 2.75) is 95.4 Å². The number of allylic oxidation sites excluding steroid dienone is 4. The molecule has 5 atom stereocenters. The number of ketones is 1. The van der Waals surface area contributed by atoms with Gasteiger partial charge in [-0.3, -0.25) is 9.59 Å². The molecule has 6 aliphatic rings. The third kappa shape index (κ3) is 3.32. The Balaban J connectivity index is 1.32. The standard InChI is InChI=1S/C32H40N2O2/c1-31-20-27(21-5-8-23(9-6-21)34-17-3-2-4-18-34)30-25-12-10-24(35)19-22(25)7-11-26(30)28(31)13-15-32(31)16-14-29(36)33-32/h5-6,8-9,19,26-28H,2-4,7,10-18,20H2,1H3,(H,33,36)/t26-,27?,28-,31-,32?/m0/s1. The number of nitrogens with zero attached hydrogens (tertiary/aromatic N) is 1. The first kappa shape index (κ1) is 22.8. The number of hydrogen-bond acceptors (Lipinski definition) is 3. The van der Waals surface area contributed by atoms with Gasteiger partial charge in [0.05, 0.1) is 0 Å². The summed E-state index contributed by atoms with van der Waals surface area (Å²) in [6.45, 7) is 4.86. The fraction of sp³-hybridized carbons (Fsp3) is 0.625. The first-order chi connectivity index (χ1) is 17.5. The van der Waals surface area contributed by atoms with Crippen LogP contribution in [0.1, 0.15) is 95.5 Å². The molecule has 0 aromatic heterocycles. The van der Waals surface area contributed by atoms with Gasteiger partial charge in [0.25, 0.3) is 0 Å². The Morgan fingerprint density at radius 2 is 1.72 bits per heavy atom. The summed E-state index contributed by atoms with van der Waals surface area (Å²) in [7, 11) is 0. The molecule has 1 aromatic carbocycles. The number of carbonyl (C=O) groups excluding carboxylic acids is 2. The molecule has 2 saturated heterocycles. The fourth-order valence-corrected chi connectivity index (χ4v) is 9.48. The highest BCUT2D eigenvalue weighted by Crippen LogP contribution is 2.68. The van der Waals surface area contributed by atoms with Crippen LogP contribution in [-0.4, -0.2) is 30.3 Å². The van der Waals surface area contributed by atoms with E-state index in [9.17, 15) is 9.59 Å². The van der Waals surface area contributed by atoms with E-state index in [0.717, 1.165) is 38.5 Å². The number of piperidine rings is 1. The van der Waals surface area contributed by atoms with Gasteiger partial charge in [0.15, 0.2) is 5.78 Å². The molecule has 4 fully saturated rings. The third-order valence-electron chi connectivity index (χ3n) is 11.3. The van der Waals surface area contributed by atoms with Gasteiger partial charge < -0.3 is 10.2 Å². The van der Waals surface area contributed by atoms with Gasteiger partial charge in [0.2, 0.25) is 5.91 Å². The molecule has 1 spiro atoms. The van der Waals surface area contributed by atoms with Crippen molar-refractivity contribution in [2.24, 2.45) is 17.3 Å². The van der Waals surface area contributed by atoms with Gasteiger partial charge in [-0.05, 0) is 116 Å². The molecule has 2 unspecified atom stereocenters. The molecule has 2 aliphatic heterocycles. The number of anilines is 1. The molecule has 36 heavy (non-hydrogen) atoms. The van der Waals surface area contributed by atoms with Gasteiger partial charge in [-0.15, -0.1) is 0 Å². The predicted octanol–water partition coefficient (Wildman–Crippen LogP) is 6.23. The van der Waals surface area contributed by atoms with E-state index in [0.29, 0.717) is 36.4 Å². The second-order valence-electron chi connectivity index (χ2n) is 12.8. The highest BCUT2D eigenvalue weighted by Gasteiger charge is 2.64. The lowest BCUT2D eigenvalue weighted by atomic mass is 9.50. The largest absolute Gasteiger partial charge is 0.372 e. The molecule has 1 amide bonds. The van der Waals surface area contributed by atoms with Gasteiger partial charge in [-0.1, -0.05) is 24.6 Å². The Hall–Kier alpha value is -2.36. The van der Waals surface area contributed by atoms with Crippen molar-refractivity contribution in [3.8, 4) is 0 Å². The van der Waals surface area contributed by atoms with Crippen molar-refractivity contribution < 1.29 is 9.59 Å². The Kier molecular flexibility index (Phi) is 5.28. The van der Waals surface area contributed by atoms with E-state index in [4.69, 9.17) is 0 Å². The van der Waals surface area contributed by atoms with Crippen LogP contribution < -0.4 is 10.2 Å². The maximum Gasteiger partial charge on any atom is 0.220 e. The van der Waals surface area contributed by atoms with E-state index in [1.54, 1.807) is 5.57 Å². The number of rotatable bonds is 2. The molecule has 0 radical (unpaired) electrons. The summed E-state index contributed by atoms with van der Waals surface area (Å²) < 4.78 is 0. The average molecular weight is 485 g/mol. The Bertz CT molecular complexity index is 1160. The zero-order chi connectivity index (χ0) is 24.5. The summed E-state index contributed by atoms with van der Waals surface area (Å²) in [5, 5.41) is 3.53. The third-order valence-corrected chi connectivity index (χ3v) is 11.3. The van der Waals surface area contributed by atoms with Gasteiger partial charge in [0, 0.05) is 43.1 Å². The minimum atomic E-state index is -0.0322. The van der Waals surface area contributed by atoms with Gasteiger partial charge >= 0.3 is 0 Å². The topological polar surface area (TPSA) is 49.4 Å². The van der Waals surface area contributed by atoms with Crippen LogP contribution in [0.5, 0.6) is 0 Å². The van der Waals surface area contributed by atoms with Crippen LogP contribution in [-0.2, 0) is 9.59 Å². The van der Waals surface area contributed by atoms with Crippen molar-refractivity contribution >= 4 is 17.4 Å². The normalized spacial score (nSPS) is 38.0. The molecular formula is C32H40N2O2. The number of nitrogens with one attached hydrogen (secondary N) is 1. The van der Waals surface area contributed by atoms with Crippen molar-refractivity contribution in [3.63, 3.8) is 0 Å². The van der Waals surface area contributed by atoms with E-state index in [2.05, 4.69) is 41.4 Å². The fourth-order valence-electron chi connectivity index (χ4n) is 9.48.